The highest BCUT2D eigenvalue weighted by Gasteiger charge is 2.58. The highest BCUT2D eigenvalue weighted by atomic mass is 32.2. The maximum Gasteiger partial charge on any atom is 0.454 e. The fraction of sp³-hybridized carbons (Fsp3) is 0.538. The highest BCUT2D eigenvalue weighted by Crippen LogP contribution is 2.38. The Hall–Kier alpha value is -2.85. The van der Waals surface area contributed by atoms with Crippen LogP contribution < -0.4 is 5.32 Å². The van der Waals surface area contributed by atoms with E-state index >= 15 is 0 Å². The number of hydrogen-bond donors (Lipinski definition) is 1. The number of halogens is 8. The molecule has 16 heteroatoms. The number of sulfonamides is 1. The Morgan fingerprint density at radius 2 is 1.69 bits per heavy atom. The SMILES string of the molecule is C[C@H]1[C@H](F)C[C@@H](C(=O)NCc2cc(C3CCN(CC(F)(F)C(F)(F)F)CC3)ncc2F)N1S(=O)(=O)c1ccc(F)cc1. The first-order valence-corrected chi connectivity index (χ1v) is 14.5. The molecular formula is C26H28F8N4O3S. The summed E-state index contributed by atoms with van der Waals surface area (Å²) in [6.07, 6.45) is -6.53. The lowest BCUT2D eigenvalue weighted by Crippen LogP contribution is -2.49. The number of carbonyl (C=O) groups excluding carboxylic acids is 1. The minimum atomic E-state index is -5.66. The summed E-state index contributed by atoms with van der Waals surface area (Å²) in [6, 6.07) is 2.50. The predicted octanol–water partition coefficient (Wildman–Crippen LogP) is 4.54. The van der Waals surface area contributed by atoms with E-state index in [1.165, 1.54) is 13.0 Å². The third-order valence-electron chi connectivity index (χ3n) is 7.62. The van der Waals surface area contributed by atoms with Gasteiger partial charge in [0.1, 0.15) is 23.8 Å². The number of amides is 1. The van der Waals surface area contributed by atoms with Crippen LogP contribution in [0, 0.1) is 11.6 Å². The average Bonchev–Trinajstić information content (AvgIpc) is 3.22. The second-order valence-corrected chi connectivity index (χ2v) is 12.3. The first-order chi connectivity index (χ1) is 19.5. The van der Waals surface area contributed by atoms with Crippen molar-refractivity contribution in [3.63, 3.8) is 0 Å². The fourth-order valence-corrected chi connectivity index (χ4v) is 7.02. The van der Waals surface area contributed by atoms with Crippen molar-refractivity contribution in [2.24, 2.45) is 0 Å². The van der Waals surface area contributed by atoms with Crippen molar-refractivity contribution in [3.8, 4) is 0 Å². The molecule has 0 saturated carbocycles. The molecular weight excluding hydrogens is 600 g/mol. The van der Waals surface area contributed by atoms with E-state index < -0.39 is 77.4 Å². The molecule has 1 aromatic carbocycles. The van der Waals surface area contributed by atoms with E-state index in [1.807, 2.05) is 0 Å². The molecule has 1 aromatic heterocycles. The highest BCUT2D eigenvalue weighted by molar-refractivity contribution is 7.89. The standard InChI is InChI=1S/C26H28F8N4O3S/c1-15-20(28)11-23(38(15)42(40,41)19-4-2-18(27)3-5-19)24(39)36-12-17-10-22(35-13-21(17)29)16-6-8-37(9-7-16)14-25(30,31)26(32,33)34/h2-5,10,13,15-16,20,23H,6-9,11-12,14H2,1H3,(H,36,39)/t15-,20+,23-/m0/s1. The van der Waals surface area contributed by atoms with Crippen LogP contribution in [0.3, 0.4) is 0 Å². The Morgan fingerprint density at radius 3 is 2.29 bits per heavy atom. The lowest BCUT2D eigenvalue weighted by atomic mass is 9.92. The summed E-state index contributed by atoms with van der Waals surface area (Å²) in [5.41, 5.74) is 0.317. The molecule has 1 N–H and O–H groups in total. The number of pyridine rings is 1. The fourth-order valence-electron chi connectivity index (χ4n) is 5.21. The van der Waals surface area contributed by atoms with Gasteiger partial charge in [0.25, 0.3) is 0 Å². The smallest absolute Gasteiger partial charge is 0.351 e. The summed E-state index contributed by atoms with van der Waals surface area (Å²) < 4.78 is 134. The molecule has 0 bridgehead atoms. The van der Waals surface area contributed by atoms with Crippen molar-refractivity contribution in [3.05, 3.63) is 59.4 Å². The number of nitrogens with one attached hydrogen (secondary N) is 1. The number of aromatic nitrogens is 1. The van der Waals surface area contributed by atoms with Crippen LogP contribution in [0.5, 0.6) is 0 Å². The summed E-state index contributed by atoms with van der Waals surface area (Å²) in [7, 11) is -4.40. The van der Waals surface area contributed by atoms with Gasteiger partial charge in [-0.05, 0) is 63.2 Å². The molecule has 4 rings (SSSR count). The summed E-state index contributed by atoms with van der Waals surface area (Å²) >= 11 is 0. The van der Waals surface area contributed by atoms with Gasteiger partial charge in [-0.1, -0.05) is 0 Å². The third-order valence-corrected chi connectivity index (χ3v) is 9.63. The molecule has 1 amide bonds. The number of rotatable bonds is 8. The van der Waals surface area contributed by atoms with E-state index in [2.05, 4.69) is 10.3 Å². The number of benzene rings is 1. The zero-order valence-corrected chi connectivity index (χ0v) is 23.0. The maximum absolute atomic E-state index is 14.6. The van der Waals surface area contributed by atoms with Gasteiger partial charge in [0.05, 0.1) is 23.7 Å². The van der Waals surface area contributed by atoms with Gasteiger partial charge in [-0.3, -0.25) is 14.7 Å². The Morgan fingerprint density at radius 1 is 1.07 bits per heavy atom. The van der Waals surface area contributed by atoms with Gasteiger partial charge in [-0.2, -0.15) is 26.3 Å². The van der Waals surface area contributed by atoms with E-state index in [0.29, 0.717) is 10.00 Å². The molecule has 0 unspecified atom stereocenters. The minimum Gasteiger partial charge on any atom is -0.351 e. The van der Waals surface area contributed by atoms with Gasteiger partial charge in [0, 0.05) is 30.1 Å². The molecule has 0 spiro atoms. The van der Waals surface area contributed by atoms with Crippen LogP contribution in [0.15, 0.2) is 41.4 Å². The van der Waals surface area contributed by atoms with E-state index in [-0.39, 0.29) is 42.3 Å². The third kappa shape index (κ3) is 6.70. The van der Waals surface area contributed by atoms with E-state index in [0.717, 1.165) is 35.4 Å². The second kappa shape index (κ2) is 12.0. The Labute approximate surface area is 236 Å². The molecule has 2 fully saturated rings. The topological polar surface area (TPSA) is 82.6 Å². The molecule has 232 valence electrons. The quantitative estimate of drug-likeness (QED) is 0.435. The van der Waals surface area contributed by atoms with Crippen LogP contribution in [-0.4, -0.2) is 78.5 Å². The van der Waals surface area contributed by atoms with Gasteiger partial charge in [-0.25, -0.2) is 21.6 Å². The van der Waals surface area contributed by atoms with Crippen LogP contribution in [0.4, 0.5) is 35.1 Å². The van der Waals surface area contributed by atoms with E-state index in [1.54, 1.807) is 0 Å². The monoisotopic (exact) mass is 628 g/mol. The largest absolute Gasteiger partial charge is 0.454 e. The van der Waals surface area contributed by atoms with Gasteiger partial charge < -0.3 is 5.32 Å². The van der Waals surface area contributed by atoms with Crippen LogP contribution in [0.25, 0.3) is 0 Å². The van der Waals surface area contributed by atoms with E-state index in [9.17, 15) is 48.3 Å². The van der Waals surface area contributed by atoms with Crippen LogP contribution in [0.1, 0.15) is 43.4 Å². The van der Waals surface area contributed by atoms with Crippen molar-refractivity contribution >= 4 is 15.9 Å². The van der Waals surface area contributed by atoms with Crippen molar-refractivity contribution in [1.29, 1.82) is 0 Å². The number of piperidine rings is 1. The summed E-state index contributed by atoms with van der Waals surface area (Å²) in [6.45, 7) is -0.717. The number of carbonyl (C=O) groups is 1. The zero-order chi connectivity index (χ0) is 31.0. The molecule has 3 heterocycles. The number of alkyl halides is 6. The summed E-state index contributed by atoms with van der Waals surface area (Å²) in [5, 5.41) is 2.42. The molecule has 7 nitrogen and oxygen atoms in total. The number of hydrogen-bond acceptors (Lipinski definition) is 5. The van der Waals surface area contributed by atoms with E-state index in [4.69, 9.17) is 0 Å². The summed E-state index contributed by atoms with van der Waals surface area (Å²) in [4.78, 5) is 17.7. The van der Waals surface area contributed by atoms with Crippen molar-refractivity contribution in [1.82, 2.24) is 19.5 Å². The lowest BCUT2D eigenvalue weighted by Gasteiger charge is -2.34. The average molecular weight is 629 g/mol. The van der Waals surface area contributed by atoms with Crippen molar-refractivity contribution in [2.45, 2.75) is 73.9 Å². The normalized spacial score (nSPS) is 23.3. The molecule has 2 saturated heterocycles. The van der Waals surface area contributed by atoms with Gasteiger partial charge in [-0.15, -0.1) is 0 Å². The molecule has 0 radical (unpaired) electrons. The Kier molecular flexibility index (Phi) is 9.19. The predicted molar refractivity (Wildman–Crippen MR) is 134 cm³/mol. The number of nitrogens with zero attached hydrogens (tertiary/aromatic N) is 3. The maximum atomic E-state index is 14.6. The molecule has 2 aliphatic heterocycles. The van der Waals surface area contributed by atoms with Crippen LogP contribution >= 0.6 is 0 Å². The zero-order valence-electron chi connectivity index (χ0n) is 22.2. The van der Waals surface area contributed by atoms with Crippen molar-refractivity contribution in [2.75, 3.05) is 19.6 Å². The Bertz CT molecular complexity index is 1380. The van der Waals surface area contributed by atoms with Gasteiger partial charge in [0.2, 0.25) is 15.9 Å². The number of likely N-dealkylation sites (tertiary alicyclic amines) is 1. The van der Waals surface area contributed by atoms with Crippen molar-refractivity contribution < 1.29 is 48.3 Å². The second-order valence-electron chi connectivity index (χ2n) is 10.5. The van der Waals surface area contributed by atoms with Crippen LogP contribution in [-0.2, 0) is 21.4 Å². The van der Waals surface area contributed by atoms with Crippen LogP contribution in [0.2, 0.25) is 0 Å². The first-order valence-electron chi connectivity index (χ1n) is 13.0. The Balaban J connectivity index is 1.42. The van der Waals surface area contributed by atoms with Gasteiger partial charge in [0.15, 0.2) is 0 Å². The lowest BCUT2D eigenvalue weighted by molar-refractivity contribution is -0.287. The molecule has 3 atom stereocenters. The molecule has 2 aliphatic rings. The summed E-state index contributed by atoms with van der Waals surface area (Å²) in [5.74, 6) is -7.60. The molecule has 2 aromatic rings. The van der Waals surface area contributed by atoms with Gasteiger partial charge >= 0.3 is 12.1 Å². The molecule has 0 aliphatic carbocycles. The molecule has 42 heavy (non-hydrogen) atoms. The minimum absolute atomic E-state index is 0.0323. The first kappa shape index (κ1) is 32.1.